The Labute approximate surface area is 192 Å². The number of nitrogens with one attached hydrogen (secondary N) is 2. The first kappa shape index (κ1) is 21.8. The number of halogens is 1. The zero-order valence-corrected chi connectivity index (χ0v) is 19.1. The van der Waals surface area contributed by atoms with Crippen LogP contribution in [-0.2, 0) is 11.2 Å². The van der Waals surface area contributed by atoms with Gasteiger partial charge in [0.15, 0.2) is 0 Å². The third-order valence-corrected chi connectivity index (χ3v) is 7.03. The largest absolute Gasteiger partial charge is 0.346 e. The molecule has 162 valence electrons. The molecule has 1 amide bonds. The first-order valence-electron chi connectivity index (χ1n) is 11.0. The molecule has 6 heteroatoms. The van der Waals surface area contributed by atoms with Crippen LogP contribution in [0.3, 0.4) is 0 Å². The van der Waals surface area contributed by atoms with Gasteiger partial charge in [0.25, 0.3) is 0 Å². The van der Waals surface area contributed by atoms with Crippen molar-refractivity contribution in [3.05, 3.63) is 76.7 Å². The molecule has 2 aromatic carbocycles. The highest BCUT2D eigenvalue weighted by Gasteiger charge is 2.28. The number of carbonyl (C=O) groups excluding carboxylic acids is 1. The predicted octanol–water partition coefficient (Wildman–Crippen LogP) is 5.00. The quantitative estimate of drug-likeness (QED) is 0.444. The molecule has 4 N–H and O–H groups in total. The molecule has 0 radical (unpaired) electrons. The molecule has 4 rings (SSSR count). The lowest BCUT2D eigenvalue weighted by Gasteiger charge is -2.28. The minimum absolute atomic E-state index is 0.0491. The van der Waals surface area contributed by atoms with Crippen LogP contribution in [0.25, 0.3) is 11.3 Å². The fourth-order valence-electron chi connectivity index (χ4n) is 4.33. The summed E-state index contributed by atoms with van der Waals surface area (Å²) in [5.74, 6) is 1.50. The summed E-state index contributed by atoms with van der Waals surface area (Å²) in [4.78, 5) is 21.2. The zero-order chi connectivity index (χ0) is 21.6. The molecule has 0 bridgehead atoms. The Morgan fingerprint density at radius 3 is 2.52 bits per heavy atom. The van der Waals surface area contributed by atoms with Crippen molar-refractivity contribution < 1.29 is 4.79 Å². The second-order valence-corrected chi connectivity index (χ2v) is 9.21. The van der Waals surface area contributed by atoms with Gasteiger partial charge in [0.2, 0.25) is 5.91 Å². The van der Waals surface area contributed by atoms with E-state index < -0.39 is 0 Å². The van der Waals surface area contributed by atoms with Crippen LogP contribution in [0.2, 0.25) is 0 Å². The van der Waals surface area contributed by atoms with E-state index in [-0.39, 0.29) is 17.9 Å². The lowest BCUT2D eigenvalue weighted by molar-refractivity contribution is -0.127. The summed E-state index contributed by atoms with van der Waals surface area (Å²) in [5.41, 5.74) is 8.98. The molecule has 1 heterocycles. The summed E-state index contributed by atoms with van der Waals surface area (Å²) in [6.07, 6.45) is 6.37. The molecule has 0 saturated heterocycles. The van der Waals surface area contributed by atoms with Gasteiger partial charge in [-0.05, 0) is 55.3 Å². The number of aromatic nitrogens is 2. The van der Waals surface area contributed by atoms with E-state index in [1.54, 1.807) is 0 Å². The molecule has 0 aliphatic heterocycles. The fourth-order valence-corrected chi connectivity index (χ4v) is 4.77. The first-order chi connectivity index (χ1) is 15.1. The summed E-state index contributed by atoms with van der Waals surface area (Å²) >= 11 is 3.64. The number of hydrogen-bond acceptors (Lipinski definition) is 3. The average molecular weight is 481 g/mol. The van der Waals surface area contributed by atoms with E-state index in [4.69, 9.17) is 5.73 Å². The van der Waals surface area contributed by atoms with Gasteiger partial charge in [0.05, 0.1) is 17.9 Å². The standard InChI is InChI=1S/C25H29BrN4O/c26-21-9-5-4-8-20(21)14-22(30-25(31)19-12-10-17(15-27)11-13-19)24-28-16-23(29-24)18-6-2-1-3-7-18/h1-9,16-17,19,22H,10-15,27H2,(H,28,29)(H,30,31)/t17?,19?,22-/m0/s1. The van der Waals surface area contributed by atoms with Crippen LogP contribution in [0.1, 0.15) is 43.1 Å². The van der Waals surface area contributed by atoms with Gasteiger partial charge in [0, 0.05) is 16.8 Å². The Kier molecular flexibility index (Phi) is 7.20. The monoisotopic (exact) mass is 480 g/mol. The van der Waals surface area contributed by atoms with Crippen molar-refractivity contribution in [2.45, 2.75) is 38.1 Å². The van der Waals surface area contributed by atoms with Gasteiger partial charge in [-0.1, -0.05) is 64.5 Å². The number of benzene rings is 2. The van der Waals surface area contributed by atoms with Gasteiger partial charge in [-0.15, -0.1) is 0 Å². The number of imidazole rings is 1. The molecule has 31 heavy (non-hydrogen) atoms. The van der Waals surface area contributed by atoms with Crippen molar-refractivity contribution >= 4 is 21.8 Å². The SMILES string of the molecule is NCC1CCC(C(=O)N[C@@H](Cc2ccccc2Br)c2ncc(-c3ccccc3)[nH]2)CC1. The summed E-state index contributed by atoms with van der Waals surface area (Å²) in [5, 5.41) is 3.29. The molecule has 0 spiro atoms. The van der Waals surface area contributed by atoms with E-state index in [1.807, 2.05) is 42.6 Å². The van der Waals surface area contributed by atoms with Crippen LogP contribution < -0.4 is 11.1 Å². The van der Waals surface area contributed by atoms with Crippen LogP contribution in [0, 0.1) is 11.8 Å². The van der Waals surface area contributed by atoms with Gasteiger partial charge in [-0.25, -0.2) is 4.98 Å². The number of aromatic amines is 1. The first-order valence-corrected chi connectivity index (χ1v) is 11.8. The highest BCUT2D eigenvalue weighted by atomic mass is 79.9. The smallest absolute Gasteiger partial charge is 0.223 e. The number of nitrogens with zero attached hydrogens (tertiary/aromatic N) is 1. The molecule has 0 unspecified atom stereocenters. The zero-order valence-electron chi connectivity index (χ0n) is 17.6. The number of rotatable bonds is 7. The molecular formula is C25H29BrN4O. The fraction of sp³-hybridized carbons (Fsp3) is 0.360. The maximum Gasteiger partial charge on any atom is 0.223 e. The van der Waals surface area contributed by atoms with E-state index in [1.165, 1.54) is 0 Å². The molecule has 1 fully saturated rings. The van der Waals surface area contributed by atoms with Crippen molar-refractivity contribution in [3.63, 3.8) is 0 Å². The van der Waals surface area contributed by atoms with Gasteiger partial charge >= 0.3 is 0 Å². The highest BCUT2D eigenvalue weighted by Crippen LogP contribution is 2.30. The Hall–Kier alpha value is -2.44. The molecular weight excluding hydrogens is 452 g/mol. The molecule has 5 nitrogen and oxygen atoms in total. The number of carbonyl (C=O) groups is 1. The van der Waals surface area contributed by atoms with E-state index in [2.05, 4.69) is 49.4 Å². The number of H-pyrrole nitrogens is 1. The number of amides is 1. The van der Waals surface area contributed by atoms with E-state index in [0.717, 1.165) is 52.8 Å². The maximum atomic E-state index is 13.1. The second-order valence-electron chi connectivity index (χ2n) is 8.36. The third kappa shape index (κ3) is 5.43. The van der Waals surface area contributed by atoms with Crippen LogP contribution in [-0.4, -0.2) is 22.4 Å². The van der Waals surface area contributed by atoms with Crippen LogP contribution in [0.15, 0.2) is 65.3 Å². The maximum absolute atomic E-state index is 13.1. The van der Waals surface area contributed by atoms with Crippen molar-refractivity contribution in [1.82, 2.24) is 15.3 Å². The van der Waals surface area contributed by atoms with Crippen LogP contribution in [0.4, 0.5) is 0 Å². The van der Waals surface area contributed by atoms with E-state index in [0.29, 0.717) is 18.9 Å². The molecule has 1 aliphatic carbocycles. The molecule has 1 saturated carbocycles. The van der Waals surface area contributed by atoms with Gasteiger partial charge in [0.1, 0.15) is 5.82 Å². The van der Waals surface area contributed by atoms with Crippen molar-refractivity contribution in [1.29, 1.82) is 0 Å². The number of nitrogens with two attached hydrogens (primary N) is 1. The molecule has 1 atom stereocenters. The molecule has 3 aromatic rings. The summed E-state index contributed by atoms with van der Waals surface area (Å²) in [6.45, 7) is 0.716. The van der Waals surface area contributed by atoms with E-state index in [9.17, 15) is 4.79 Å². The third-order valence-electron chi connectivity index (χ3n) is 6.26. The predicted molar refractivity (Wildman–Crippen MR) is 127 cm³/mol. The van der Waals surface area contributed by atoms with Crippen molar-refractivity contribution in [2.75, 3.05) is 6.54 Å². The Balaban J connectivity index is 1.54. The highest BCUT2D eigenvalue weighted by molar-refractivity contribution is 9.10. The van der Waals surface area contributed by atoms with Gasteiger partial charge in [-0.3, -0.25) is 4.79 Å². The summed E-state index contributed by atoms with van der Waals surface area (Å²) in [7, 11) is 0. The minimum atomic E-state index is -0.226. The summed E-state index contributed by atoms with van der Waals surface area (Å²) < 4.78 is 1.03. The van der Waals surface area contributed by atoms with Crippen molar-refractivity contribution in [2.24, 2.45) is 17.6 Å². The van der Waals surface area contributed by atoms with Crippen LogP contribution in [0.5, 0.6) is 0 Å². The van der Waals surface area contributed by atoms with Gasteiger partial charge in [-0.2, -0.15) is 0 Å². The Bertz CT molecular complexity index is 996. The van der Waals surface area contributed by atoms with Gasteiger partial charge < -0.3 is 16.0 Å². The Morgan fingerprint density at radius 2 is 1.81 bits per heavy atom. The van der Waals surface area contributed by atoms with E-state index >= 15 is 0 Å². The van der Waals surface area contributed by atoms with Crippen molar-refractivity contribution in [3.8, 4) is 11.3 Å². The minimum Gasteiger partial charge on any atom is -0.346 e. The molecule has 1 aromatic heterocycles. The lowest BCUT2D eigenvalue weighted by atomic mass is 9.81. The lowest BCUT2D eigenvalue weighted by Crippen LogP contribution is -2.37. The molecule has 1 aliphatic rings. The normalized spacial score (nSPS) is 19.7. The Morgan fingerprint density at radius 1 is 1.10 bits per heavy atom. The number of hydrogen-bond donors (Lipinski definition) is 3. The average Bonchev–Trinajstić information content (AvgIpc) is 3.31. The second kappa shape index (κ2) is 10.2. The van der Waals surface area contributed by atoms with Crippen LogP contribution >= 0.6 is 15.9 Å². The topological polar surface area (TPSA) is 83.8 Å². The summed E-state index contributed by atoms with van der Waals surface area (Å²) in [6, 6.07) is 18.0.